The molecule has 2 aromatic rings. The molecular weight excluding hydrogens is 288 g/mol. The number of sulfonamides is 1. The maximum absolute atomic E-state index is 11.1. The number of halogens is 1. The lowest BCUT2D eigenvalue weighted by atomic mass is 10.2. The predicted molar refractivity (Wildman–Crippen MR) is 73.6 cm³/mol. The lowest BCUT2D eigenvalue weighted by Gasteiger charge is -2.08. The molecule has 7 heteroatoms. The number of rotatable bonds is 4. The highest BCUT2D eigenvalue weighted by atomic mass is 35.5. The van der Waals surface area contributed by atoms with E-state index in [4.69, 9.17) is 21.2 Å². The maximum atomic E-state index is 11.1. The van der Waals surface area contributed by atoms with Crippen molar-refractivity contribution in [3.05, 3.63) is 46.7 Å². The van der Waals surface area contributed by atoms with Gasteiger partial charge in [0.15, 0.2) is 0 Å². The Balaban J connectivity index is 2.11. The van der Waals surface area contributed by atoms with Crippen molar-refractivity contribution in [2.45, 2.75) is 18.6 Å². The standard InChI is InChI=1S/C12H13ClN2O3S/c1-8-2-3-9(13)6-11(8)15-7-10-4-5-12(18-10)19(14,16)17/h2-6,15H,7H2,1H3,(H2,14,16,17). The van der Waals surface area contributed by atoms with Crippen LogP contribution >= 0.6 is 11.6 Å². The summed E-state index contributed by atoms with van der Waals surface area (Å²) >= 11 is 5.90. The second-order valence-electron chi connectivity index (χ2n) is 4.08. The Labute approximate surface area is 116 Å². The molecule has 1 heterocycles. The molecule has 0 aliphatic carbocycles. The van der Waals surface area contributed by atoms with Crippen LogP contribution in [0.2, 0.25) is 5.02 Å². The summed E-state index contributed by atoms with van der Waals surface area (Å²) in [7, 11) is -3.80. The van der Waals surface area contributed by atoms with E-state index >= 15 is 0 Å². The number of nitrogens with two attached hydrogens (primary N) is 1. The number of anilines is 1. The molecule has 0 fully saturated rings. The van der Waals surface area contributed by atoms with Crippen molar-refractivity contribution in [3.63, 3.8) is 0 Å². The van der Waals surface area contributed by atoms with Crippen LogP contribution in [0.3, 0.4) is 0 Å². The van der Waals surface area contributed by atoms with E-state index in [1.165, 1.54) is 6.07 Å². The second kappa shape index (κ2) is 5.24. The van der Waals surface area contributed by atoms with Crippen molar-refractivity contribution in [3.8, 4) is 0 Å². The van der Waals surface area contributed by atoms with Crippen LogP contribution in [0.1, 0.15) is 11.3 Å². The van der Waals surface area contributed by atoms with Gasteiger partial charge in [-0.05, 0) is 36.8 Å². The van der Waals surface area contributed by atoms with E-state index in [2.05, 4.69) is 5.32 Å². The minimum Gasteiger partial charge on any atom is -0.446 e. The topological polar surface area (TPSA) is 85.3 Å². The van der Waals surface area contributed by atoms with Gasteiger partial charge in [-0.25, -0.2) is 13.6 Å². The van der Waals surface area contributed by atoms with Crippen LogP contribution in [-0.2, 0) is 16.6 Å². The first-order valence-electron chi connectivity index (χ1n) is 5.48. The zero-order valence-corrected chi connectivity index (χ0v) is 11.8. The molecule has 0 amide bonds. The number of primary sulfonamides is 1. The number of benzene rings is 1. The summed E-state index contributed by atoms with van der Waals surface area (Å²) in [6.45, 7) is 2.28. The van der Waals surface area contributed by atoms with Crippen molar-refractivity contribution in [2.24, 2.45) is 5.14 Å². The minimum absolute atomic E-state index is 0.243. The predicted octanol–water partition coefficient (Wildman–Crippen LogP) is 2.50. The lowest BCUT2D eigenvalue weighted by Crippen LogP contribution is -2.10. The highest BCUT2D eigenvalue weighted by molar-refractivity contribution is 7.89. The fraction of sp³-hybridized carbons (Fsp3) is 0.167. The van der Waals surface area contributed by atoms with Gasteiger partial charge in [-0.1, -0.05) is 17.7 Å². The smallest absolute Gasteiger partial charge is 0.271 e. The van der Waals surface area contributed by atoms with E-state index in [-0.39, 0.29) is 5.09 Å². The number of furan rings is 1. The molecule has 0 radical (unpaired) electrons. The molecule has 1 aromatic heterocycles. The van der Waals surface area contributed by atoms with Crippen LogP contribution < -0.4 is 10.5 Å². The molecule has 3 N–H and O–H groups in total. The van der Waals surface area contributed by atoms with E-state index in [9.17, 15) is 8.42 Å². The first-order valence-corrected chi connectivity index (χ1v) is 7.40. The average molecular weight is 301 g/mol. The number of nitrogens with one attached hydrogen (secondary N) is 1. The average Bonchev–Trinajstić information content (AvgIpc) is 2.79. The summed E-state index contributed by atoms with van der Waals surface area (Å²) < 4.78 is 27.3. The molecule has 0 bridgehead atoms. The fourth-order valence-corrected chi connectivity index (χ4v) is 2.23. The van der Waals surface area contributed by atoms with Gasteiger partial charge < -0.3 is 9.73 Å². The van der Waals surface area contributed by atoms with E-state index in [1.807, 2.05) is 13.0 Å². The first kappa shape index (κ1) is 13.9. The normalized spacial score (nSPS) is 11.5. The Hall–Kier alpha value is -1.50. The van der Waals surface area contributed by atoms with E-state index < -0.39 is 10.0 Å². The third-order valence-corrected chi connectivity index (χ3v) is 3.59. The SMILES string of the molecule is Cc1ccc(Cl)cc1NCc1ccc(S(N)(=O)=O)o1. The van der Waals surface area contributed by atoms with Crippen LogP contribution in [0.25, 0.3) is 0 Å². The Kier molecular flexibility index (Phi) is 3.84. The molecule has 0 spiro atoms. The number of hydrogen-bond acceptors (Lipinski definition) is 4. The van der Waals surface area contributed by atoms with Crippen LogP contribution in [0.5, 0.6) is 0 Å². The van der Waals surface area contributed by atoms with Crippen LogP contribution in [0, 0.1) is 6.92 Å². The van der Waals surface area contributed by atoms with E-state index in [0.717, 1.165) is 11.3 Å². The molecular formula is C12H13ClN2O3S. The Morgan fingerprint density at radius 2 is 2.05 bits per heavy atom. The summed E-state index contributed by atoms with van der Waals surface area (Å²) in [6, 6.07) is 8.38. The van der Waals surface area contributed by atoms with Gasteiger partial charge in [-0.15, -0.1) is 0 Å². The minimum atomic E-state index is -3.80. The summed E-state index contributed by atoms with van der Waals surface area (Å²) in [5, 5.41) is 8.46. The lowest BCUT2D eigenvalue weighted by molar-refractivity contribution is 0.419. The molecule has 0 saturated carbocycles. The zero-order chi connectivity index (χ0) is 14.0. The monoisotopic (exact) mass is 300 g/mol. The van der Waals surface area contributed by atoms with Crippen molar-refractivity contribution in [1.82, 2.24) is 0 Å². The van der Waals surface area contributed by atoms with Crippen molar-refractivity contribution in [1.29, 1.82) is 0 Å². The van der Waals surface area contributed by atoms with Gasteiger partial charge in [-0.3, -0.25) is 0 Å². The molecule has 2 rings (SSSR count). The Morgan fingerprint density at radius 3 is 2.68 bits per heavy atom. The van der Waals surface area contributed by atoms with Gasteiger partial charge in [0.1, 0.15) is 5.76 Å². The molecule has 0 saturated heterocycles. The molecule has 102 valence electrons. The summed E-state index contributed by atoms with van der Waals surface area (Å²) in [5.41, 5.74) is 1.89. The summed E-state index contributed by atoms with van der Waals surface area (Å²) in [4.78, 5) is 0. The third-order valence-electron chi connectivity index (χ3n) is 2.57. The van der Waals surface area contributed by atoms with Gasteiger partial charge in [0.2, 0.25) is 5.09 Å². The molecule has 0 aliphatic heterocycles. The molecule has 0 atom stereocenters. The molecule has 1 aromatic carbocycles. The Bertz CT molecular complexity index is 695. The van der Waals surface area contributed by atoms with Gasteiger partial charge >= 0.3 is 0 Å². The second-order valence-corrected chi connectivity index (χ2v) is 6.01. The summed E-state index contributed by atoms with van der Waals surface area (Å²) in [6.07, 6.45) is 0. The molecule has 0 unspecified atom stereocenters. The Morgan fingerprint density at radius 1 is 1.32 bits per heavy atom. The highest BCUT2D eigenvalue weighted by Gasteiger charge is 2.13. The van der Waals surface area contributed by atoms with Crippen LogP contribution in [0.4, 0.5) is 5.69 Å². The molecule has 5 nitrogen and oxygen atoms in total. The van der Waals surface area contributed by atoms with Crippen molar-refractivity contribution >= 4 is 27.3 Å². The van der Waals surface area contributed by atoms with Crippen LogP contribution in [0.15, 0.2) is 39.8 Å². The van der Waals surface area contributed by atoms with E-state index in [1.54, 1.807) is 18.2 Å². The fourth-order valence-electron chi connectivity index (χ4n) is 1.57. The van der Waals surface area contributed by atoms with Crippen LogP contribution in [-0.4, -0.2) is 8.42 Å². The quantitative estimate of drug-likeness (QED) is 0.908. The van der Waals surface area contributed by atoms with Gasteiger partial charge in [0, 0.05) is 10.7 Å². The molecule has 19 heavy (non-hydrogen) atoms. The number of aryl methyl sites for hydroxylation is 1. The number of hydrogen-bond donors (Lipinski definition) is 2. The zero-order valence-electron chi connectivity index (χ0n) is 10.2. The largest absolute Gasteiger partial charge is 0.446 e. The van der Waals surface area contributed by atoms with E-state index in [0.29, 0.717) is 17.3 Å². The maximum Gasteiger partial charge on any atom is 0.271 e. The first-order chi connectivity index (χ1) is 8.86. The van der Waals surface area contributed by atoms with Gasteiger partial charge in [0.05, 0.1) is 6.54 Å². The molecule has 0 aliphatic rings. The van der Waals surface area contributed by atoms with Gasteiger partial charge in [0.25, 0.3) is 10.0 Å². The van der Waals surface area contributed by atoms with Crippen molar-refractivity contribution < 1.29 is 12.8 Å². The third kappa shape index (κ3) is 3.50. The summed E-state index contributed by atoms with van der Waals surface area (Å²) in [5.74, 6) is 0.475. The van der Waals surface area contributed by atoms with Crippen molar-refractivity contribution in [2.75, 3.05) is 5.32 Å². The highest BCUT2D eigenvalue weighted by Crippen LogP contribution is 2.21. The van der Waals surface area contributed by atoms with Gasteiger partial charge in [-0.2, -0.15) is 0 Å².